The van der Waals surface area contributed by atoms with Crippen LogP contribution in [0.25, 0.3) is 99.1 Å². The third kappa shape index (κ3) is 4.65. The van der Waals surface area contributed by atoms with Crippen molar-refractivity contribution in [2.24, 2.45) is 0 Å². The predicted octanol–water partition coefficient (Wildman–Crippen LogP) is 14.7. The Balaban J connectivity index is 1.09. The quantitative estimate of drug-likeness (QED) is 0.171. The Morgan fingerprint density at radius 3 is 1.82 bits per heavy atom. The summed E-state index contributed by atoms with van der Waals surface area (Å²) >= 11 is 0. The Labute approximate surface area is 331 Å². The van der Waals surface area contributed by atoms with E-state index < -0.39 is 0 Å². The topological polar surface area (TPSA) is 9.86 Å². The second kappa shape index (κ2) is 11.9. The lowest BCUT2D eigenvalue weighted by Crippen LogP contribution is -2.14. The average Bonchev–Trinajstić information content (AvgIpc) is 3.86. The van der Waals surface area contributed by atoms with Crippen molar-refractivity contribution in [3.05, 3.63) is 205 Å². The van der Waals surface area contributed by atoms with Crippen molar-refractivity contribution in [2.45, 2.75) is 19.3 Å². The van der Waals surface area contributed by atoms with E-state index in [0.29, 0.717) is 0 Å². The van der Waals surface area contributed by atoms with Gasteiger partial charge in [0.25, 0.3) is 0 Å². The second-order valence-electron chi connectivity index (χ2n) is 16.2. The average molecular weight is 727 g/mol. The molecule has 2 heteroatoms. The minimum Gasteiger partial charge on any atom is -0.309 e. The molecule has 0 bridgehead atoms. The summed E-state index contributed by atoms with van der Waals surface area (Å²) < 4.78 is 4.90. The molecule has 0 amide bonds. The van der Waals surface area contributed by atoms with Crippen molar-refractivity contribution in [2.75, 3.05) is 0 Å². The molecule has 0 saturated heterocycles. The SMILES string of the molecule is CC1(C)c2ccccc2-c2c1ccc1c2c2cc(-c3ccc4c(c3)c3ccccc3n4-c3cccc(-c4ccccc4)c3)ccc2n1-c1ccc2ccccc2c1. The number of nitrogens with zero attached hydrogens (tertiary/aromatic N) is 2. The molecule has 0 radical (unpaired) electrons. The van der Waals surface area contributed by atoms with Crippen LogP contribution in [0.3, 0.4) is 0 Å². The summed E-state index contributed by atoms with van der Waals surface area (Å²) in [5.74, 6) is 0. The molecule has 1 aliphatic carbocycles. The van der Waals surface area contributed by atoms with Crippen LogP contribution in [0.1, 0.15) is 25.0 Å². The van der Waals surface area contributed by atoms with E-state index in [-0.39, 0.29) is 5.41 Å². The van der Waals surface area contributed by atoms with Crippen molar-refractivity contribution in [3.63, 3.8) is 0 Å². The van der Waals surface area contributed by atoms with E-state index in [4.69, 9.17) is 0 Å². The first-order valence-electron chi connectivity index (χ1n) is 19.9. The van der Waals surface area contributed by atoms with Gasteiger partial charge in [-0.05, 0) is 116 Å². The van der Waals surface area contributed by atoms with Crippen LogP contribution in [0.15, 0.2) is 194 Å². The van der Waals surface area contributed by atoms with Gasteiger partial charge in [0.1, 0.15) is 0 Å². The van der Waals surface area contributed by atoms with Crippen molar-refractivity contribution < 1.29 is 0 Å². The van der Waals surface area contributed by atoms with Crippen LogP contribution in [-0.2, 0) is 5.41 Å². The predicted molar refractivity (Wildman–Crippen MR) is 241 cm³/mol. The summed E-state index contributed by atoms with van der Waals surface area (Å²) in [6.07, 6.45) is 0. The zero-order chi connectivity index (χ0) is 37.8. The molecule has 0 N–H and O–H groups in total. The number of para-hydroxylation sites is 1. The number of fused-ring (bicyclic) bond motifs is 11. The van der Waals surface area contributed by atoms with Gasteiger partial charge in [-0.15, -0.1) is 0 Å². The van der Waals surface area contributed by atoms with Gasteiger partial charge in [-0.2, -0.15) is 0 Å². The zero-order valence-electron chi connectivity index (χ0n) is 31.9. The molecule has 2 aromatic heterocycles. The van der Waals surface area contributed by atoms with Gasteiger partial charge in [0.05, 0.1) is 22.1 Å². The van der Waals surface area contributed by atoms with Crippen LogP contribution in [0, 0.1) is 0 Å². The summed E-state index contributed by atoms with van der Waals surface area (Å²) in [6.45, 7) is 4.75. The summed E-state index contributed by atoms with van der Waals surface area (Å²) in [5.41, 5.74) is 17.5. The fraction of sp³-hybridized carbons (Fsp3) is 0.0545. The third-order valence-corrected chi connectivity index (χ3v) is 12.7. The van der Waals surface area contributed by atoms with Crippen LogP contribution in [0.4, 0.5) is 0 Å². The lowest BCUT2D eigenvalue weighted by atomic mass is 9.82. The van der Waals surface area contributed by atoms with Gasteiger partial charge in [0.2, 0.25) is 0 Å². The van der Waals surface area contributed by atoms with E-state index >= 15 is 0 Å². The van der Waals surface area contributed by atoms with Crippen LogP contribution >= 0.6 is 0 Å². The monoisotopic (exact) mass is 726 g/mol. The minimum atomic E-state index is -0.0883. The third-order valence-electron chi connectivity index (χ3n) is 12.7. The largest absolute Gasteiger partial charge is 0.309 e. The molecule has 12 rings (SSSR count). The molecule has 2 nitrogen and oxygen atoms in total. The first-order chi connectivity index (χ1) is 28.0. The van der Waals surface area contributed by atoms with Gasteiger partial charge >= 0.3 is 0 Å². The zero-order valence-corrected chi connectivity index (χ0v) is 31.9. The molecule has 9 aromatic carbocycles. The molecule has 0 unspecified atom stereocenters. The van der Waals surface area contributed by atoms with Gasteiger partial charge < -0.3 is 9.13 Å². The Kier molecular flexibility index (Phi) is 6.72. The standard InChI is InChI=1S/C55H38N2/c1-55(2)47-21-10-8-20-44(47)53-48(55)27-30-52-54(53)46-34-40(25-29-51(46)57(52)42-26-23-36-15-6-7-16-37(36)32-42)39-24-28-50-45(33-39)43-19-9-11-22-49(43)56(50)41-18-12-17-38(31-41)35-13-4-3-5-14-35/h3-34H,1-2H3. The molecule has 0 saturated carbocycles. The highest BCUT2D eigenvalue weighted by Gasteiger charge is 2.37. The van der Waals surface area contributed by atoms with E-state index in [9.17, 15) is 0 Å². The first-order valence-corrected chi connectivity index (χ1v) is 19.9. The molecule has 11 aromatic rings. The fourth-order valence-corrected chi connectivity index (χ4v) is 9.96. The lowest BCUT2D eigenvalue weighted by molar-refractivity contribution is 0.661. The van der Waals surface area contributed by atoms with E-state index in [0.717, 1.165) is 5.69 Å². The molecule has 2 heterocycles. The van der Waals surface area contributed by atoms with Crippen molar-refractivity contribution >= 4 is 54.4 Å². The Bertz CT molecular complexity index is 3430. The number of benzene rings is 9. The molecule has 0 atom stereocenters. The Hall–Kier alpha value is -7.16. The molecule has 0 aliphatic heterocycles. The van der Waals surface area contributed by atoms with E-state index in [2.05, 4.69) is 217 Å². The summed E-state index contributed by atoms with van der Waals surface area (Å²) in [5, 5.41) is 7.61. The molecular formula is C55H38N2. The van der Waals surface area contributed by atoms with E-state index in [1.54, 1.807) is 0 Å². The maximum atomic E-state index is 2.48. The van der Waals surface area contributed by atoms with Gasteiger partial charge in [0, 0.05) is 38.3 Å². The van der Waals surface area contributed by atoms with Crippen LogP contribution in [-0.4, -0.2) is 9.13 Å². The molecular weight excluding hydrogens is 689 g/mol. The van der Waals surface area contributed by atoms with Crippen molar-refractivity contribution in [1.29, 1.82) is 0 Å². The highest BCUT2D eigenvalue weighted by molar-refractivity contribution is 6.19. The number of hydrogen-bond donors (Lipinski definition) is 0. The van der Waals surface area contributed by atoms with Crippen molar-refractivity contribution in [3.8, 4) is 44.8 Å². The van der Waals surface area contributed by atoms with E-state index in [1.807, 2.05) is 0 Å². The van der Waals surface area contributed by atoms with Crippen LogP contribution in [0.2, 0.25) is 0 Å². The molecule has 57 heavy (non-hydrogen) atoms. The van der Waals surface area contributed by atoms with Crippen LogP contribution < -0.4 is 0 Å². The molecule has 0 spiro atoms. The molecule has 268 valence electrons. The van der Waals surface area contributed by atoms with Crippen molar-refractivity contribution in [1.82, 2.24) is 9.13 Å². The minimum absolute atomic E-state index is 0.0883. The van der Waals surface area contributed by atoms with E-state index in [1.165, 1.54) is 105 Å². The summed E-state index contributed by atoms with van der Waals surface area (Å²) in [4.78, 5) is 0. The summed E-state index contributed by atoms with van der Waals surface area (Å²) in [7, 11) is 0. The van der Waals surface area contributed by atoms with Gasteiger partial charge in [-0.3, -0.25) is 0 Å². The summed E-state index contributed by atoms with van der Waals surface area (Å²) in [6, 6.07) is 71.8. The number of hydrogen-bond acceptors (Lipinski definition) is 0. The highest BCUT2D eigenvalue weighted by Crippen LogP contribution is 2.53. The maximum absolute atomic E-state index is 2.48. The number of aromatic nitrogens is 2. The fourth-order valence-electron chi connectivity index (χ4n) is 9.96. The lowest BCUT2D eigenvalue weighted by Gasteiger charge is -2.21. The van der Waals surface area contributed by atoms with Gasteiger partial charge in [0.15, 0.2) is 0 Å². The number of rotatable bonds is 4. The highest BCUT2D eigenvalue weighted by atomic mass is 15.0. The van der Waals surface area contributed by atoms with Gasteiger partial charge in [-0.1, -0.05) is 147 Å². The molecule has 0 fully saturated rings. The smallest absolute Gasteiger partial charge is 0.0547 e. The maximum Gasteiger partial charge on any atom is 0.0547 e. The Morgan fingerprint density at radius 2 is 0.965 bits per heavy atom. The second-order valence-corrected chi connectivity index (χ2v) is 16.2. The first kappa shape index (κ1) is 32.1. The molecule has 1 aliphatic rings. The Morgan fingerprint density at radius 1 is 0.351 bits per heavy atom. The van der Waals surface area contributed by atoms with Gasteiger partial charge in [-0.25, -0.2) is 0 Å². The normalized spacial score (nSPS) is 13.2. The van der Waals surface area contributed by atoms with Crippen LogP contribution in [0.5, 0.6) is 0 Å².